The Balaban J connectivity index is 2.03. The number of aromatic carboxylic acids is 1. The highest BCUT2D eigenvalue weighted by Crippen LogP contribution is 2.40. The number of fused-ring (bicyclic) bond motifs is 1. The van der Waals surface area contributed by atoms with Gasteiger partial charge in [-0.1, -0.05) is 31.0 Å². The van der Waals surface area contributed by atoms with E-state index in [9.17, 15) is 18.7 Å². The summed E-state index contributed by atoms with van der Waals surface area (Å²) in [5, 5.41) is 10.1. The Kier molecular flexibility index (Phi) is 4.52. The second-order valence-corrected chi connectivity index (χ2v) is 6.33. The first-order chi connectivity index (χ1) is 13.5. The molecule has 0 saturated carbocycles. The summed E-state index contributed by atoms with van der Waals surface area (Å²) < 4.78 is 36.0. The number of rotatable bonds is 4. The SMILES string of the molecule is O=C(O)c1c(-c2ccc(F)cc2)oc2cc(NS)c(-c3ccccc3F)cc12. The second kappa shape index (κ2) is 7.01. The molecule has 28 heavy (non-hydrogen) atoms. The molecule has 4 aromatic rings. The van der Waals surface area contributed by atoms with Gasteiger partial charge in [-0.2, -0.15) is 0 Å². The Hall–Kier alpha value is -3.32. The zero-order valence-corrected chi connectivity index (χ0v) is 15.1. The van der Waals surface area contributed by atoms with Crippen molar-refractivity contribution in [2.24, 2.45) is 0 Å². The van der Waals surface area contributed by atoms with Crippen molar-refractivity contribution >= 4 is 35.4 Å². The van der Waals surface area contributed by atoms with E-state index in [1.165, 1.54) is 30.3 Å². The number of carbonyl (C=O) groups is 1. The molecule has 4 nitrogen and oxygen atoms in total. The van der Waals surface area contributed by atoms with Crippen LogP contribution in [-0.4, -0.2) is 11.1 Å². The summed E-state index contributed by atoms with van der Waals surface area (Å²) in [5.41, 5.74) is 1.81. The molecule has 0 aliphatic heterocycles. The zero-order chi connectivity index (χ0) is 19.8. The molecular formula is C21H13F2NO3S. The van der Waals surface area contributed by atoms with E-state index in [-0.39, 0.29) is 16.9 Å². The van der Waals surface area contributed by atoms with Gasteiger partial charge >= 0.3 is 5.97 Å². The number of furan rings is 1. The third-order valence-electron chi connectivity index (χ3n) is 4.43. The lowest BCUT2D eigenvalue weighted by atomic mass is 9.99. The van der Waals surface area contributed by atoms with E-state index in [0.29, 0.717) is 27.8 Å². The summed E-state index contributed by atoms with van der Waals surface area (Å²) in [6.45, 7) is 0. The Labute approximate surface area is 164 Å². The fraction of sp³-hybridized carbons (Fsp3) is 0. The van der Waals surface area contributed by atoms with Crippen LogP contribution in [0.5, 0.6) is 0 Å². The quantitative estimate of drug-likeness (QED) is 0.370. The molecule has 1 heterocycles. The lowest BCUT2D eigenvalue weighted by Gasteiger charge is -2.10. The minimum absolute atomic E-state index is 0.0788. The summed E-state index contributed by atoms with van der Waals surface area (Å²) in [6.07, 6.45) is 0. The highest BCUT2D eigenvalue weighted by Gasteiger charge is 2.24. The largest absolute Gasteiger partial charge is 0.478 e. The number of carboxylic acids is 1. The van der Waals surface area contributed by atoms with Crippen molar-refractivity contribution in [1.29, 1.82) is 0 Å². The van der Waals surface area contributed by atoms with Crippen LogP contribution in [0.25, 0.3) is 33.4 Å². The number of nitrogens with one attached hydrogen (secondary N) is 1. The van der Waals surface area contributed by atoms with Crippen molar-refractivity contribution in [3.63, 3.8) is 0 Å². The summed E-state index contributed by atoms with van der Waals surface area (Å²) in [5.74, 6) is -2.01. The first-order valence-electron chi connectivity index (χ1n) is 8.24. The van der Waals surface area contributed by atoms with E-state index in [1.54, 1.807) is 30.3 Å². The smallest absolute Gasteiger partial charge is 0.340 e. The summed E-state index contributed by atoms with van der Waals surface area (Å²) in [6, 6.07) is 14.6. The third kappa shape index (κ3) is 2.99. The van der Waals surface area contributed by atoms with Gasteiger partial charge in [0.25, 0.3) is 0 Å². The molecule has 2 N–H and O–H groups in total. The van der Waals surface area contributed by atoms with Crippen LogP contribution in [0.2, 0.25) is 0 Å². The maximum atomic E-state index is 14.3. The van der Waals surface area contributed by atoms with Crippen LogP contribution in [0.1, 0.15) is 10.4 Å². The fourth-order valence-corrected chi connectivity index (χ4v) is 3.34. The molecule has 4 rings (SSSR count). The van der Waals surface area contributed by atoms with Gasteiger partial charge in [-0.05, 0) is 36.4 Å². The number of halogens is 2. The number of hydrogen-bond acceptors (Lipinski definition) is 4. The number of benzene rings is 3. The first-order valence-corrected chi connectivity index (χ1v) is 8.69. The first kappa shape index (κ1) is 18.1. The van der Waals surface area contributed by atoms with Gasteiger partial charge in [0.1, 0.15) is 28.5 Å². The van der Waals surface area contributed by atoms with Gasteiger partial charge in [0, 0.05) is 28.1 Å². The van der Waals surface area contributed by atoms with Crippen molar-refractivity contribution in [3.05, 3.63) is 77.9 Å². The predicted octanol–water partition coefficient (Wildman–Crippen LogP) is 6.00. The van der Waals surface area contributed by atoms with Crippen molar-refractivity contribution in [3.8, 4) is 22.5 Å². The van der Waals surface area contributed by atoms with Crippen molar-refractivity contribution in [2.45, 2.75) is 0 Å². The molecule has 0 radical (unpaired) electrons. The van der Waals surface area contributed by atoms with Crippen LogP contribution in [-0.2, 0) is 0 Å². The number of hydrogen-bond donors (Lipinski definition) is 3. The Morgan fingerprint density at radius 2 is 1.71 bits per heavy atom. The average molecular weight is 397 g/mol. The van der Waals surface area contributed by atoms with E-state index in [1.807, 2.05) is 0 Å². The highest BCUT2D eigenvalue weighted by atomic mass is 32.1. The van der Waals surface area contributed by atoms with E-state index in [0.717, 1.165) is 0 Å². The normalized spacial score (nSPS) is 11.0. The zero-order valence-electron chi connectivity index (χ0n) is 14.2. The van der Waals surface area contributed by atoms with Gasteiger partial charge in [-0.3, -0.25) is 0 Å². The van der Waals surface area contributed by atoms with Crippen LogP contribution in [0.4, 0.5) is 14.5 Å². The number of thiol groups is 1. The molecule has 3 aromatic carbocycles. The van der Waals surface area contributed by atoms with Crippen LogP contribution in [0.3, 0.4) is 0 Å². The Morgan fingerprint density at radius 3 is 2.36 bits per heavy atom. The summed E-state index contributed by atoms with van der Waals surface area (Å²) in [4.78, 5) is 12.0. The van der Waals surface area contributed by atoms with Gasteiger partial charge in [0.2, 0.25) is 0 Å². The minimum atomic E-state index is -1.20. The molecule has 0 fully saturated rings. The van der Waals surface area contributed by atoms with E-state index in [4.69, 9.17) is 4.42 Å². The van der Waals surface area contributed by atoms with Gasteiger partial charge in [-0.15, -0.1) is 0 Å². The molecule has 7 heteroatoms. The highest BCUT2D eigenvalue weighted by molar-refractivity contribution is 7.81. The molecule has 1 aromatic heterocycles. The van der Waals surface area contributed by atoms with Crippen molar-refractivity contribution in [1.82, 2.24) is 0 Å². The molecule has 0 spiro atoms. The summed E-state index contributed by atoms with van der Waals surface area (Å²) in [7, 11) is 0. The molecular weight excluding hydrogens is 384 g/mol. The van der Waals surface area contributed by atoms with E-state index in [2.05, 4.69) is 17.5 Å². The average Bonchev–Trinajstić information content (AvgIpc) is 3.06. The maximum Gasteiger partial charge on any atom is 0.340 e. The van der Waals surface area contributed by atoms with Gasteiger partial charge in [-0.25, -0.2) is 13.6 Å². The van der Waals surface area contributed by atoms with Crippen LogP contribution in [0, 0.1) is 11.6 Å². The number of carboxylic acid groups (broad SMARTS) is 1. The molecule has 140 valence electrons. The molecule has 0 amide bonds. The minimum Gasteiger partial charge on any atom is -0.478 e. The lowest BCUT2D eigenvalue weighted by molar-refractivity contribution is 0.0699. The van der Waals surface area contributed by atoms with Crippen LogP contribution >= 0.6 is 12.8 Å². The van der Waals surface area contributed by atoms with Crippen molar-refractivity contribution < 1.29 is 23.1 Å². The molecule has 0 saturated heterocycles. The van der Waals surface area contributed by atoms with E-state index >= 15 is 0 Å². The Bertz CT molecular complexity index is 1200. The van der Waals surface area contributed by atoms with Gasteiger partial charge in [0.05, 0.1) is 5.69 Å². The number of anilines is 1. The van der Waals surface area contributed by atoms with E-state index < -0.39 is 17.6 Å². The Morgan fingerprint density at radius 1 is 1.00 bits per heavy atom. The van der Waals surface area contributed by atoms with Crippen LogP contribution < -0.4 is 4.72 Å². The summed E-state index contributed by atoms with van der Waals surface area (Å²) >= 11 is 4.07. The topological polar surface area (TPSA) is 62.5 Å². The standard InChI is InChI=1S/C21H13F2NO3S/c22-12-7-5-11(6-8-12)20-19(21(25)26)15-9-14(13-3-1-2-4-16(13)23)17(24-28)10-18(15)27-20/h1-10,24,28H,(H,25,26). The van der Waals surface area contributed by atoms with Gasteiger partial charge in [0.15, 0.2) is 0 Å². The maximum absolute atomic E-state index is 14.3. The second-order valence-electron chi connectivity index (χ2n) is 6.10. The molecule has 0 atom stereocenters. The molecule has 0 aliphatic rings. The third-order valence-corrected chi connectivity index (χ3v) is 4.67. The predicted molar refractivity (Wildman–Crippen MR) is 107 cm³/mol. The van der Waals surface area contributed by atoms with Gasteiger partial charge < -0.3 is 14.2 Å². The van der Waals surface area contributed by atoms with Crippen LogP contribution in [0.15, 0.2) is 65.1 Å². The molecule has 0 aliphatic carbocycles. The fourth-order valence-electron chi connectivity index (χ4n) is 3.15. The monoisotopic (exact) mass is 397 g/mol. The molecule has 0 unspecified atom stereocenters. The van der Waals surface area contributed by atoms with Crippen molar-refractivity contribution in [2.75, 3.05) is 4.72 Å². The molecule has 0 bridgehead atoms. The lowest BCUT2D eigenvalue weighted by Crippen LogP contribution is -1.98.